The summed E-state index contributed by atoms with van der Waals surface area (Å²) < 4.78 is 12.6. The van der Waals surface area contributed by atoms with E-state index in [2.05, 4.69) is 131 Å². The lowest BCUT2D eigenvalue weighted by Gasteiger charge is -2.54. The molecule has 0 radical (unpaired) electrons. The predicted molar refractivity (Wildman–Crippen MR) is 171 cm³/mol. The molecule has 4 aromatic rings. The summed E-state index contributed by atoms with van der Waals surface area (Å²) >= 11 is 0. The molecule has 8 rings (SSSR count). The first kappa shape index (κ1) is 26.7. The average Bonchev–Trinajstić information content (AvgIpc) is 3.25. The standard InChI is InChI=1S/C38H41BO2/c1-35(2)36(3,4)41-39(40-35)34-20-18-33(19-21-34)38-25-22-37(23-26-38,24-27-38)32-16-14-31(15-17-32)30-12-10-29(11-13-30)28-8-6-5-7-9-28/h5-21H,22-27H2,1-4H3. The molecular weight excluding hydrogens is 499 g/mol. The van der Waals surface area contributed by atoms with Gasteiger partial charge in [0.25, 0.3) is 0 Å². The molecule has 3 aliphatic carbocycles. The fraction of sp³-hybridized carbons (Fsp3) is 0.368. The molecule has 1 heterocycles. The van der Waals surface area contributed by atoms with Crippen LogP contribution < -0.4 is 5.46 Å². The molecule has 0 spiro atoms. The molecule has 208 valence electrons. The SMILES string of the molecule is CC1(C)OB(c2ccc(C34CCC(c5ccc(-c6ccc(-c7ccccc7)cc6)cc5)(CC3)CC4)cc2)OC1(C)C. The molecule has 1 aliphatic heterocycles. The van der Waals surface area contributed by atoms with Crippen LogP contribution in [0.5, 0.6) is 0 Å². The van der Waals surface area contributed by atoms with Gasteiger partial charge in [-0.1, -0.05) is 103 Å². The predicted octanol–water partition coefficient (Wildman–Crippen LogP) is 8.86. The van der Waals surface area contributed by atoms with Gasteiger partial charge in [0.1, 0.15) is 0 Å². The van der Waals surface area contributed by atoms with Gasteiger partial charge in [0.15, 0.2) is 0 Å². The molecule has 0 atom stereocenters. The number of rotatable bonds is 5. The summed E-state index contributed by atoms with van der Waals surface area (Å²) in [7, 11) is -0.290. The summed E-state index contributed by atoms with van der Waals surface area (Å²) in [6, 6.07) is 38.3. The molecule has 41 heavy (non-hydrogen) atoms. The Kier molecular flexibility index (Phi) is 6.34. The molecule has 0 amide bonds. The van der Waals surface area contributed by atoms with Crippen molar-refractivity contribution in [2.75, 3.05) is 0 Å². The molecule has 2 nitrogen and oxygen atoms in total. The fourth-order valence-corrected chi connectivity index (χ4v) is 7.53. The Hall–Kier alpha value is -3.14. The van der Waals surface area contributed by atoms with E-state index in [1.54, 1.807) is 0 Å². The maximum atomic E-state index is 6.29. The Morgan fingerprint density at radius 3 is 1.20 bits per heavy atom. The highest BCUT2D eigenvalue weighted by molar-refractivity contribution is 6.62. The van der Waals surface area contributed by atoms with Crippen LogP contribution in [0.2, 0.25) is 0 Å². The molecule has 0 unspecified atom stereocenters. The zero-order chi connectivity index (χ0) is 28.3. The summed E-state index contributed by atoms with van der Waals surface area (Å²) in [5.74, 6) is 0. The summed E-state index contributed by atoms with van der Waals surface area (Å²) in [6.45, 7) is 8.47. The van der Waals surface area contributed by atoms with E-state index in [1.807, 2.05) is 0 Å². The Labute approximate surface area is 246 Å². The lowest BCUT2D eigenvalue weighted by Crippen LogP contribution is -2.46. The second-order valence-electron chi connectivity index (χ2n) is 13.8. The number of hydrogen-bond donors (Lipinski definition) is 0. The van der Waals surface area contributed by atoms with Crippen molar-refractivity contribution < 1.29 is 9.31 Å². The molecule has 4 aliphatic rings. The normalized spacial score (nSPS) is 26.3. The van der Waals surface area contributed by atoms with Crippen LogP contribution in [-0.4, -0.2) is 18.3 Å². The molecule has 3 heteroatoms. The minimum absolute atomic E-state index is 0.290. The third-order valence-electron chi connectivity index (χ3n) is 11.1. The van der Waals surface area contributed by atoms with Crippen molar-refractivity contribution in [1.29, 1.82) is 0 Å². The van der Waals surface area contributed by atoms with Crippen LogP contribution >= 0.6 is 0 Å². The second kappa shape index (κ2) is 9.71. The Balaban J connectivity index is 1.03. The Morgan fingerprint density at radius 1 is 0.439 bits per heavy atom. The van der Waals surface area contributed by atoms with E-state index in [9.17, 15) is 0 Å². The van der Waals surface area contributed by atoms with Crippen LogP contribution in [0.1, 0.15) is 77.3 Å². The molecule has 1 saturated heterocycles. The van der Waals surface area contributed by atoms with E-state index in [0.29, 0.717) is 10.8 Å². The van der Waals surface area contributed by atoms with Crippen molar-refractivity contribution >= 4 is 12.6 Å². The summed E-state index contributed by atoms with van der Waals surface area (Å²) in [5, 5.41) is 0. The van der Waals surface area contributed by atoms with Gasteiger partial charge >= 0.3 is 7.12 Å². The van der Waals surface area contributed by atoms with Gasteiger partial charge in [-0.3, -0.25) is 0 Å². The first-order valence-electron chi connectivity index (χ1n) is 15.4. The molecular formula is C38H41BO2. The Morgan fingerprint density at radius 2 is 0.780 bits per heavy atom. The smallest absolute Gasteiger partial charge is 0.399 e. The van der Waals surface area contributed by atoms with E-state index < -0.39 is 0 Å². The first-order chi connectivity index (χ1) is 19.7. The van der Waals surface area contributed by atoms with E-state index in [0.717, 1.165) is 5.46 Å². The zero-order valence-electron chi connectivity index (χ0n) is 25.0. The third-order valence-corrected chi connectivity index (χ3v) is 11.1. The van der Waals surface area contributed by atoms with Gasteiger partial charge in [0, 0.05) is 0 Å². The van der Waals surface area contributed by atoms with Gasteiger partial charge in [0.05, 0.1) is 11.2 Å². The molecule has 0 aromatic heterocycles. The van der Waals surface area contributed by atoms with E-state index >= 15 is 0 Å². The van der Waals surface area contributed by atoms with Crippen LogP contribution in [0.4, 0.5) is 0 Å². The number of fused-ring (bicyclic) bond motifs is 3. The van der Waals surface area contributed by atoms with Crippen LogP contribution in [0.25, 0.3) is 22.3 Å². The highest BCUT2D eigenvalue weighted by Crippen LogP contribution is 2.58. The van der Waals surface area contributed by atoms with Crippen molar-refractivity contribution in [3.63, 3.8) is 0 Å². The van der Waals surface area contributed by atoms with Crippen LogP contribution in [0.3, 0.4) is 0 Å². The first-order valence-corrected chi connectivity index (χ1v) is 15.4. The monoisotopic (exact) mass is 540 g/mol. The summed E-state index contributed by atoms with van der Waals surface area (Å²) in [5.41, 5.74) is 9.30. The van der Waals surface area contributed by atoms with Gasteiger partial charge in [-0.2, -0.15) is 0 Å². The highest BCUT2D eigenvalue weighted by Gasteiger charge is 2.52. The second-order valence-corrected chi connectivity index (χ2v) is 13.8. The summed E-state index contributed by atoms with van der Waals surface area (Å²) in [4.78, 5) is 0. The minimum atomic E-state index is -0.309. The van der Waals surface area contributed by atoms with E-state index in [-0.39, 0.29) is 18.3 Å². The van der Waals surface area contributed by atoms with Crippen molar-refractivity contribution in [2.45, 2.75) is 88.3 Å². The maximum Gasteiger partial charge on any atom is 0.494 e. The summed E-state index contributed by atoms with van der Waals surface area (Å²) in [6.07, 6.45) is 7.63. The third kappa shape index (κ3) is 4.58. The lowest BCUT2D eigenvalue weighted by molar-refractivity contribution is 0.00578. The lowest BCUT2D eigenvalue weighted by atomic mass is 9.50. The van der Waals surface area contributed by atoms with Crippen molar-refractivity contribution in [3.8, 4) is 22.3 Å². The average molecular weight is 541 g/mol. The topological polar surface area (TPSA) is 18.5 Å². The maximum absolute atomic E-state index is 6.29. The van der Waals surface area contributed by atoms with Gasteiger partial charge < -0.3 is 9.31 Å². The van der Waals surface area contributed by atoms with Crippen molar-refractivity contribution in [3.05, 3.63) is 114 Å². The van der Waals surface area contributed by atoms with Crippen LogP contribution in [-0.2, 0) is 20.1 Å². The molecule has 2 bridgehead atoms. The van der Waals surface area contributed by atoms with Gasteiger partial charge in [-0.05, 0) is 116 Å². The number of benzene rings is 4. The minimum Gasteiger partial charge on any atom is -0.399 e. The van der Waals surface area contributed by atoms with Crippen molar-refractivity contribution in [1.82, 2.24) is 0 Å². The molecule has 4 aromatic carbocycles. The van der Waals surface area contributed by atoms with Gasteiger partial charge in [-0.15, -0.1) is 0 Å². The largest absolute Gasteiger partial charge is 0.494 e. The fourth-order valence-electron chi connectivity index (χ4n) is 7.53. The highest BCUT2D eigenvalue weighted by atomic mass is 16.7. The van der Waals surface area contributed by atoms with Gasteiger partial charge in [-0.25, -0.2) is 0 Å². The van der Waals surface area contributed by atoms with Crippen LogP contribution in [0, 0.1) is 0 Å². The Bertz CT molecular complexity index is 1480. The quantitative estimate of drug-likeness (QED) is 0.236. The molecule has 4 fully saturated rings. The number of hydrogen-bond acceptors (Lipinski definition) is 2. The molecule has 0 N–H and O–H groups in total. The van der Waals surface area contributed by atoms with E-state index in [1.165, 1.54) is 71.9 Å². The zero-order valence-corrected chi connectivity index (χ0v) is 25.0. The van der Waals surface area contributed by atoms with Crippen LogP contribution in [0.15, 0.2) is 103 Å². The van der Waals surface area contributed by atoms with Gasteiger partial charge in [0.2, 0.25) is 0 Å². The van der Waals surface area contributed by atoms with E-state index in [4.69, 9.17) is 9.31 Å². The van der Waals surface area contributed by atoms with Crippen molar-refractivity contribution in [2.24, 2.45) is 0 Å². The molecule has 3 saturated carbocycles.